The van der Waals surface area contributed by atoms with Crippen molar-refractivity contribution in [2.45, 2.75) is 50.5 Å². The third-order valence-electron chi connectivity index (χ3n) is 6.03. The second-order valence-electron chi connectivity index (χ2n) is 8.01. The van der Waals surface area contributed by atoms with Crippen molar-refractivity contribution >= 4 is 5.91 Å². The second-order valence-corrected chi connectivity index (χ2v) is 8.01. The molecule has 0 radical (unpaired) electrons. The number of nitrogens with zero attached hydrogens (tertiary/aromatic N) is 2. The molecule has 0 spiro atoms. The van der Waals surface area contributed by atoms with E-state index in [1.807, 2.05) is 30.3 Å². The Kier molecular flexibility index (Phi) is 5.72. The first-order valence-electron chi connectivity index (χ1n) is 10.2. The molecule has 2 aromatic rings. The molecule has 0 bridgehead atoms. The van der Waals surface area contributed by atoms with Crippen molar-refractivity contribution in [2.75, 3.05) is 13.1 Å². The number of amides is 1. The molecule has 2 atom stereocenters. The van der Waals surface area contributed by atoms with E-state index in [-0.39, 0.29) is 17.9 Å². The minimum Gasteiger partial charge on any atom is -0.373 e. The summed E-state index contributed by atoms with van der Waals surface area (Å²) in [6, 6.07) is 14.2. The quantitative estimate of drug-likeness (QED) is 0.760. The van der Waals surface area contributed by atoms with Gasteiger partial charge in [-0.25, -0.2) is 4.39 Å². The van der Waals surface area contributed by atoms with Crippen LogP contribution in [0, 0.1) is 5.92 Å². The molecule has 5 heteroatoms. The van der Waals surface area contributed by atoms with Gasteiger partial charge < -0.3 is 9.64 Å². The van der Waals surface area contributed by atoms with Crippen LogP contribution in [0.3, 0.4) is 0 Å². The lowest BCUT2D eigenvalue weighted by Crippen LogP contribution is -2.55. The summed E-state index contributed by atoms with van der Waals surface area (Å²) in [4.78, 5) is 18.5. The molecule has 1 saturated heterocycles. The van der Waals surface area contributed by atoms with Gasteiger partial charge in [0.1, 0.15) is 0 Å². The fourth-order valence-electron chi connectivity index (χ4n) is 4.19. The van der Waals surface area contributed by atoms with E-state index in [1.165, 1.54) is 5.56 Å². The molecule has 148 valence electrons. The maximum atomic E-state index is 14.7. The molecule has 0 unspecified atom stereocenters. The molecule has 1 aliphatic carbocycles. The predicted octanol–water partition coefficient (Wildman–Crippen LogP) is 3.95. The van der Waals surface area contributed by atoms with Gasteiger partial charge >= 0.3 is 0 Å². The predicted molar refractivity (Wildman–Crippen MR) is 105 cm³/mol. The number of aromatic nitrogens is 1. The van der Waals surface area contributed by atoms with Crippen LogP contribution in [0.1, 0.15) is 36.8 Å². The van der Waals surface area contributed by atoms with Crippen LogP contribution in [0.5, 0.6) is 0 Å². The molecule has 1 saturated carbocycles. The molecule has 1 aromatic carbocycles. The first-order chi connectivity index (χ1) is 13.6. The summed E-state index contributed by atoms with van der Waals surface area (Å²) in [5, 5.41) is 0. The molecule has 28 heavy (non-hydrogen) atoms. The fraction of sp³-hybridized carbons (Fsp3) is 0.478. The topological polar surface area (TPSA) is 42.4 Å². The van der Waals surface area contributed by atoms with Gasteiger partial charge in [-0.15, -0.1) is 0 Å². The van der Waals surface area contributed by atoms with Crippen molar-refractivity contribution in [3.05, 3.63) is 66.0 Å². The number of ether oxygens (including phenoxy) is 1. The van der Waals surface area contributed by atoms with Crippen LogP contribution in [0.15, 0.2) is 54.9 Å². The number of halogens is 1. The number of hydrogen-bond acceptors (Lipinski definition) is 3. The highest BCUT2D eigenvalue weighted by Gasteiger charge is 2.48. The van der Waals surface area contributed by atoms with Crippen molar-refractivity contribution in [1.29, 1.82) is 0 Å². The van der Waals surface area contributed by atoms with Crippen LogP contribution in [0.4, 0.5) is 4.39 Å². The number of carbonyl (C=O) groups excluding carboxylic acids is 1. The van der Waals surface area contributed by atoms with Crippen molar-refractivity contribution in [3.63, 3.8) is 0 Å². The number of carbonyl (C=O) groups is 1. The summed E-state index contributed by atoms with van der Waals surface area (Å²) in [5.41, 5.74) is 0.684. The van der Waals surface area contributed by atoms with Crippen LogP contribution in [-0.4, -0.2) is 40.7 Å². The van der Waals surface area contributed by atoms with E-state index < -0.39 is 5.67 Å². The summed E-state index contributed by atoms with van der Waals surface area (Å²) in [5.74, 6) is -0.157. The van der Waals surface area contributed by atoms with Crippen LogP contribution >= 0.6 is 0 Å². The average molecular weight is 382 g/mol. The maximum Gasteiger partial charge on any atom is 0.260 e. The number of benzene rings is 1. The second kappa shape index (κ2) is 8.39. The van der Waals surface area contributed by atoms with E-state index in [0.717, 1.165) is 24.8 Å². The van der Waals surface area contributed by atoms with Crippen molar-refractivity contribution in [1.82, 2.24) is 9.88 Å². The van der Waals surface area contributed by atoms with Crippen molar-refractivity contribution in [2.24, 2.45) is 5.92 Å². The highest BCUT2D eigenvalue weighted by Crippen LogP contribution is 2.38. The van der Waals surface area contributed by atoms with Gasteiger partial charge in [0.25, 0.3) is 5.91 Å². The zero-order valence-corrected chi connectivity index (χ0v) is 16.1. The first kappa shape index (κ1) is 19.1. The average Bonchev–Trinajstić information content (AvgIpc) is 2.72. The minimum absolute atomic E-state index is 0.0503. The normalized spacial score (nSPS) is 23.8. The Morgan fingerprint density at radius 1 is 1.14 bits per heavy atom. The van der Waals surface area contributed by atoms with E-state index >= 15 is 0 Å². The van der Waals surface area contributed by atoms with Crippen LogP contribution in [0.25, 0.3) is 0 Å². The van der Waals surface area contributed by atoms with Crippen molar-refractivity contribution < 1.29 is 13.9 Å². The third-order valence-corrected chi connectivity index (χ3v) is 6.03. The van der Waals surface area contributed by atoms with E-state index in [4.69, 9.17) is 4.74 Å². The van der Waals surface area contributed by atoms with Gasteiger partial charge in [-0.1, -0.05) is 30.3 Å². The first-order valence-corrected chi connectivity index (χ1v) is 10.2. The molecular weight excluding hydrogens is 355 g/mol. The van der Waals surface area contributed by atoms with Gasteiger partial charge in [-0.3, -0.25) is 9.78 Å². The lowest BCUT2D eigenvalue weighted by atomic mass is 9.79. The lowest BCUT2D eigenvalue weighted by Gasteiger charge is -2.43. The largest absolute Gasteiger partial charge is 0.373 e. The number of piperidine rings is 1. The Morgan fingerprint density at radius 2 is 1.89 bits per heavy atom. The van der Waals surface area contributed by atoms with Gasteiger partial charge in [0.05, 0.1) is 12.7 Å². The fourth-order valence-corrected chi connectivity index (χ4v) is 4.19. The molecule has 4 nitrogen and oxygen atoms in total. The highest BCUT2D eigenvalue weighted by molar-refractivity contribution is 5.86. The van der Waals surface area contributed by atoms with E-state index in [9.17, 15) is 9.18 Å². The monoisotopic (exact) mass is 382 g/mol. The maximum absolute atomic E-state index is 14.7. The van der Waals surface area contributed by atoms with Crippen LogP contribution in [0.2, 0.25) is 0 Å². The van der Waals surface area contributed by atoms with Gasteiger partial charge in [-0.05, 0) is 55.4 Å². The van der Waals surface area contributed by atoms with E-state index in [2.05, 4.69) is 17.1 Å². The van der Waals surface area contributed by atoms with Gasteiger partial charge in [0.2, 0.25) is 0 Å². The van der Waals surface area contributed by atoms with Crippen LogP contribution < -0.4 is 0 Å². The van der Waals surface area contributed by atoms with Gasteiger partial charge in [-0.2, -0.15) is 0 Å². The lowest BCUT2D eigenvalue weighted by molar-refractivity contribution is -0.155. The smallest absolute Gasteiger partial charge is 0.260 e. The Bertz CT molecular complexity index is 780. The zero-order chi connectivity index (χ0) is 19.4. The molecule has 1 aromatic heterocycles. The molecule has 2 heterocycles. The molecule has 0 N–H and O–H groups in total. The SMILES string of the molecule is O=C(N1CC[C@@H](OCc2ccncc2)[C@H](Cc2ccccc2)C1)C1(F)CCC1. The Labute approximate surface area is 165 Å². The van der Waals surface area contributed by atoms with Gasteiger partial charge in [0, 0.05) is 31.4 Å². The summed E-state index contributed by atoms with van der Waals surface area (Å²) in [6.45, 7) is 1.65. The van der Waals surface area contributed by atoms with Gasteiger partial charge in [0.15, 0.2) is 5.67 Å². The van der Waals surface area contributed by atoms with E-state index in [0.29, 0.717) is 32.5 Å². The molecule has 1 aliphatic heterocycles. The number of pyridine rings is 1. The Morgan fingerprint density at radius 3 is 2.57 bits per heavy atom. The number of hydrogen-bond donors (Lipinski definition) is 0. The minimum atomic E-state index is -1.62. The molecular formula is C23H27FN2O2. The third kappa shape index (κ3) is 4.25. The summed E-state index contributed by atoms with van der Waals surface area (Å²) in [6.07, 6.45) is 6.69. The number of likely N-dealkylation sites (tertiary alicyclic amines) is 1. The summed E-state index contributed by atoms with van der Waals surface area (Å²) in [7, 11) is 0. The molecule has 2 aliphatic rings. The summed E-state index contributed by atoms with van der Waals surface area (Å²) < 4.78 is 20.9. The highest BCUT2D eigenvalue weighted by atomic mass is 19.1. The molecule has 2 fully saturated rings. The molecule has 4 rings (SSSR count). The Hall–Kier alpha value is -2.27. The standard InChI is InChI=1S/C23H27FN2O2/c24-23(10-4-11-23)22(27)26-14-9-21(28-17-19-7-12-25-13-8-19)20(16-26)15-18-5-2-1-3-6-18/h1-3,5-8,12-13,20-21H,4,9-11,14-17H2/t20-,21-/m1/s1. The van der Waals surface area contributed by atoms with E-state index in [1.54, 1.807) is 17.3 Å². The number of rotatable bonds is 6. The molecule has 1 amide bonds. The number of alkyl halides is 1. The summed E-state index contributed by atoms with van der Waals surface area (Å²) >= 11 is 0. The Balaban J connectivity index is 1.45. The van der Waals surface area contributed by atoms with Crippen LogP contribution in [-0.2, 0) is 22.6 Å². The van der Waals surface area contributed by atoms with Crippen molar-refractivity contribution in [3.8, 4) is 0 Å². The zero-order valence-electron chi connectivity index (χ0n) is 16.1.